The second-order valence-electron chi connectivity index (χ2n) is 6.24. The van der Waals surface area contributed by atoms with Crippen LogP contribution in [-0.2, 0) is 11.2 Å². The number of furan rings is 1. The summed E-state index contributed by atoms with van der Waals surface area (Å²) in [6, 6.07) is 20.0. The molecule has 0 radical (unpaired) electrons. The van der Waals surface area contributed by atoms with Crippen molar-refractivity contribution in [3.63, 3.8) is 0 Å². The minimum absolute atomic E-state index is 0.0152. The minimum Gasteiger partial charge on any atom is -0.461 e. The second-order valence-corrected chi connectivity index (χ2v) is 6.24. The summed E-state index contributed by atoms with van der Waals surface area (Å²) in [5.74, 6) is 0.823. The van der Waals surface area contributed by atoms with Crippen LogP contribution in [0, 0.1) is 5.82 Å². The third-order valence-corrected chi connectivity index (χ3v) is 4.18. The van der Waals surface area contributed by atoms with Gasteiger partial charge in [-0.1, -0.05) is 30.3 Å². The quantitative estimate of drug-likeness (QED) is 0.543. The summed E-state index contributed by atoms with van der Waals surface area (Å²) in [6.07, 6.45) is 1.68. The average Bonchev–Trinajstić information content (AvgIpc) is 3.16. The van der Waals surface area contributed by atoms with Crippen molar-refractivity contribution in [1.29, 1.82) is 0 Å². The number of carbonyl (C=O) groups is 1. The molecule has 0 aliphatic heterocycles. The Morgan fingerprint density at radius 1 is 0.926 bits per heavy atom. The fourth-order valence-electron chi connectivity index (χ4n) is 2.75. The fourth-order valence-corrected chi connectivity index (χ4v) is 2.75. The molecule has 1 aromatic heterocycles. The molecule has 140 valence electrons. The van der Waals surface area contributed by atoms with Gasteiger partial charge in [-0.05, 0) is 42.8 Å². The molecule has 0 bridgehead atoms. The van der Waals surface area contributed by atoms with E-state index in [1.807, 2.05) is 30.3 Å². The number of benzene rings is 2. The highest BCUT2D eigenvalue weighted by atomic mass is 19.1. The monoisotopic (exact) mass is 366 g/mol. The van der Waals surface area contributed by atoms with Gasteiger partial charge in [0, 0.05) is 31.6 Å². The molecule has 0 fully saturated rings. The summed E-state index contributed by atoms with van der Waals surface area (Å²) in [7, 11) is 0. The number of hydrogen-bond donors (Lipinski definition) is 2. The first-order valence-corrected chi connectivity index (χ1v) is 9.11. The van der Waals surface area contributed by atoms with Gasteiger partial charge in [0.05, 0.1) is 5.56 Å². The van der Waals surface area contributed by atoms with Crippen molar-refractivity contribution in [2.75, 3.05) is 18.4 Å². The maximum atomic E-state index is 13.8. The van der Waals surface area contributed by atoms with Crippen LogP contribution in [0.2, 0.25) is 0 Å². The SMILES string of the molecule is O=C(CCc1ccc(-c2ccccc2F)o1)NCCCNc1ccccc1. The predicted molar refractivity (Wildman–Crippen MR) is 105 cm³/mol. The largest absolute Gasteiger partial charge is 0.461 e. The van der Waals surface area contributed by atoms with Gasteiger partial charge in [0.25, 0.3) is 0 Å². The van der Waals surface area contributed by atoms with E-state index >= 15 is 0 Å². The molecule has 0 aliphatic rings. The first-order valence-electron chi connectivity index (χ1n) is 9.11. The van der Waals surface area contributed by atoms with Crippen molar-refractivity contribution in [2.24, 2.45) is 0 Å². The van der Waals surface area contributed by atoms with Crippen LogP contribution in [0.5, 0.6) is 0 Å². The third-order valence-electron chi connectivity index (χ3n) is 4.18. The molecule has 2 N–H and O–H groups in total. The lowest BCUT2D eigenvalue weighted by Gasteiger charge is -2.07. The topological polar surface area (TPSA) is 54.3 Å². The highest BCUT2D eigenvalue weighted by Crippen LogP contribution is 2.25. The standard InChI is InChI=1S/C22H23FN2O2/c23-20-10-5-4-9-19(20)21-13-11-18(27-21)12-14-22(26)25-16-6-15-24-17-7-2-1-3-8-17/h1-5,7-11,13,24H,6,12,14-16H2,(H,25,26). The van der Waals surface area contributed by atoms with E-state index in [0.717, 1.165) is 18.7 Å². The molecule has 5 heteroatoms. The zero-order chi connectivity index (χ0) is 18.9. The molecule has 3 rings (SSSR count). The Labute approximate surface area is 158 Å². The summed E-state index contributed by atoms with van der Waals surface area (Å²) >= 11 is 0. The van der Waals surface area contributed by atoms with E-state index in [2.05, 4.69) is 10.6 Å². The normalized spacial score (nSPS) is 10.6. The molecule has 0 atom stereocenters. The van der Waals surface area contributed by atoms with Crippen molar-refractivity contribution in [1.82, 2.24) is 5.32 Å². The van der Waals surface area contributed by atoms with E-state index in [4.69, 9.17) is 4.42 Å². The van der Waals surface area contributed by atoms with Gasteiger partial charge >= 0.3 is 0 Å². The van der Waals surface area contributed by atoms with E-state index in [0.29, 0.717) is 36.5 Å². The Morgan fingerprint density at radius 2 is 1.70 bits per heavy atom. The predicted octanol–water partition coefficient (Wildman–Crippen LogP) is 4.64. The van der Waals surface area contributed by atoms with Gasteiger partial charge < -0.3 is 15.1 Å². The lowest BCUT2D eigenvalue weighted by molar-refractivity contribution is -0.121. The maximum absolute atomic E-state index is 13.8. The van der Waals surface area contributed by atoms with Crippen molar-refractivity contribution >= 4 is 11.6 Å². The smallest absolute Gasteiger partial charge is 0.220 e. The third kappa shape index (κ3) is 5.71. The average molecular weight is 366 g/mol. The van der Waals surface area contributed by atoms with Crippen LogP contribution in [0.3, 0.4) is 0 Å². The van der Waals surface area contributed by atoms with Crippen LogP contribution < -0.4 is 10.6 Å². The van der Waals surface area contributed by atoms with E-state index in [1.165, 1.54) is 6.07 Å². The van der Waals surface area contributed by atoms with Crippen molar-refractivity contribution in [3.05, 3.63) is 78.3 Å². The lowest BCUT2D eigenvalue weighted by Crippen LogP contribution is -2.25. The summed E-state index contributed by atoms with van der Waals surface area (Å²) < 4.78 is 19.4. The summed E-state index contributed by atoms with van der Waals surface area (Å²) in [6.45, 7) is 1.42. The molecule has 2 aromatic carbocycles. The van der Waals surface area contributed by atoms with Gasteiger partial charge in [-0.2, -0.15) is 0 Å². The molecule has 0 aliphatic carbocycles. The van der Waals surface area contributed by atoms with Gasteiger partial charge in [0.15, 0.2) is 0 Å². The van der Waals surface area contributed by atoms with Crippen LogP contribution in [0.15, 0.2) is 71.1 Å². The molecule has 0 saturated heterocycles. The zero-order valence-corrected chi connectivity index (χ0v) is 15.1. The second kappa shape index (κ2) is 9.57. The van der Waals surface area contributed by atoms with E-state index < -0.39 is 0 Å². The Balaban J connectivity index is 1.35. The highest BCUT2D eigenvalue weighted by Gasteiger charge is 2.10. The molecular weight excluding hydrogens is 343 g/mol. The molecule has 0 spiro atoms. The fraction of sp³-hybridized carbons (Fsp3) is 0.227. The highest BCUT2D eigenvalue weighted by molar-refractivity contribution is 5.76. The van der Waals surface area contributed by atoms with Gasteiger partial charge in [-0.15, -0.1) is 0 Å². The number of nitrogens with one attached hydrogen (secondary N) is 2. The summed E-state index contributed by atoms with van der Waals surface area (Å²) in [5.41, 5.74) is 1.51. The molecule has 27 heavy (non-hydrogen) atoms. The van der Waals surface area contributed by atoms with Gasteiger partial charge in [-0.3, -0.25) is 4.79 Å². The molecule has 0 saturated carbocycles. The number of hydrogen-bond acceptors (Lipinski definition) is 3. The van der Waals surface area contributed by atoms with E-state index in [-0.39, 0.29) is 11.7 Å². The Hall–Kier alpha value is -3.08. The Kier molecular flexibility index (Phi) is 6.63. The number of carbonyl (C=O) groups excluding carboxylic acids is 1. The molecular formula is C22H23FN2O2. The van der Waals surface area contributed by atoms with Gasteiger partial charge in [0.1, 0.15) is 17.3 Å². The number of amides is 1. The molecule has 1 heterocycles. The first-order chi connectivity index (χ1) is 13.2. The lowest BCUT2D eigenvalue weighted by atomic mass is 10.1. The number of aryl methyl sites for hydroxylation is 1. The van der Waals surface area contributed by atoms with Crippen molar-refractivity contribution < 1.29 is 13.6 Å². The number of rotatable bonds is 9. The summed E-state index contributed by atoms with van der Waals surface area (Å²) in [5, 5.41) is 6.21. The summed E-state index contributed by atoms with van der Waals surface area (Å²) in [4.78, 5) is 11.9. The maximum Gasteiger partial charge on any atom is 0.220 e. The van der Waals surface area contributed by atoms with E-state index in [1.54, 1.807) is 30.3 Å². The van der Waals surface area contributed by atoms with Crippen LogP contribution >= 0.6 is 0 Å². The number of para-hydroxylation sites is 1. The molecule has 3 aromatic rings. The van der Waals surface area contributed by atoms with Crippen LogP contribution in [-0.4, -0.2) is 19.0 Å². The Morgan fingerprint density at radius 3 is 2.52 bits per heavy atom. The van der Waals surface area contributed by atoms with Crippen LogP contribution in [0.4, 0.5) is 10.1 Å². The van der Waals surface area contributed by atoms with E-state index in [9.17, 15) is 9.18 Å². The Bertz CT molecular complexity index is 862. The van der Waals surface area contributed by atoms with Crippen LogP contribution in [0.25, 0.3) is 11.3 Å². The van der Waals surface area contributed by atoms with Gasteiger partial charge in [-0.25, -0.2) is 4.39 Å². The van der Waals surface area contributed by atoms with Crippen molar-refractivity contribution in [3.8, 4) is 11.3 Å². The van der Waals surface area contributed by atoms with Crippen molar-refractivity contribution in [2.45, 2.75) is 19.3 Å². The van der Waals surface area contributed by atoms with Gasteiger partial charge in [0.2, 0.25) is 5.91 Å². The van der Waals surface area contributed by atoms with Crippen LogP contribution in [0.1, 0.15) is 18.6 Å². The first kappa shape index (κ1) is 18.7. The number of anilines is 1. The minimum atomic E-state index is -0.319. The number of halogens is 1. The molecule has 4 nitrogen and oxygen atoms in total. The molecule has 0 unspecified atom stereocenters. The molecule has 1 amide bonds. The zero-order valence-electron chi connectivity index (χ0n) is 15.1.